The first-order valence-electron chi connectivity index (χ1n) is 10.2. The molecule has 1 aliphatic rings. The lowest BCUT2D eigenvalue weighted by atomic mass is 9.95. The molecule has 8 heteroatoms. The quantitative estimate of drug-likeness (QED) is 0.516. The molecule has 1 aliphatic heterocycles. The first-order valence-corrected chi connectivity index (χ1v) is 11.7. The van der Waals surface area contributed by atoms with E-state index in [9.17, 15) is 13.2 Å². The summed E-state index contributed by atoms with van der Waals surface area (Å²) in [5, 5.41) is 8.12. The summed E-state index contributed by atoms with van der Waals surface area (Å²) in [5.41, 5.74) is 4.32. The molecule has 2 aromatic carbocycles. The van der Waals surface area contributed by atoms with Gasteiger partial charge in [-0.25, -0.2) is 17.9 Å². The third-order valence-corrected chi connectivity index (χ3v) is 7.20. The van der Waals surface area contributed by atoms with Gasteiger partial charge in [-0.1, -0.05) is 48.5 Å². The molecule has 4 N–H and O–H groups in total. The van der Waals surface area contributed by atoms with Crippen molar-refractivity contribution < 1.29 is 13.2 Å². The Balaban J connectivity index is 1.78. The van der Waals surface area contributed by atoms with E-state index in [1.807, 2.05) is 31.3 Å². The average Bonchev–Trinajstić information content (AvgIpc) is 2.74. The van der Waals surface area contributed by atoms with E-state index in [0.29, 0.717) is 0 Å². The van der Waals surface area contributed by atoms with Gasteiger partial charge in [0.25, 0.3) is 0 Å². The number of carbonyl (C=O) groups is 1. The predicted molar refractivity (Wildman–Crippen MR) is 120 cm³/mol. The number of urea groups is 1. The first-order chi connectivity index (χ1) is 14.3. The maximum absolute atomic E-state index is 12.3. The van der Waals surface area contributed by atoms with Gasteiger partial charge < -0.3 is 16.0 Å². The van der Waals surface area contributed by atoms with E-state index in [2.05, 4.69) is 44.9 Å². The molecule has 2 amide bonds. The minimum Gasteiger partial charge on any atom is -0.336 e. The van der Waals surface area contributed by atoms with Crippen LogP contribution in [-0.2, 0) is 16.4 Å². The Morgan fingerprint density at radius 2 is 1.63 bits per heavy atom. The lowest BCUT2D eigenvalue weighted by molar-refractivity contribution is 0.222. The van der Waals surface area contributed by atoms with Gasteiger partial charge in [-0.05, 0) is 56.1 Å². The van der Waals surface area contributed by atoms with Crippen molar-refractivity contribution in [2.24, 2.45) is 0 Å². The van der Waals surface area contributed by atoms with Gasteiger partial charge in [-0.2, -0.15) is 0 Å². The zero-order valence-corrected chi connectivity index (χ0v) is 18.4. The van der Waals surface area contributed by atoms with Gasteiger partial charge in [-0.15, -0.1) is 0 Å². The molecule has 1 saturated heterocycles. The molecule has 1 fully saturated rings. The van der Waals surface area contributed by atoms with Crippen LogP contribution in [0.4, 0.5) is 4.79 Å². The summed E-state index contributed by atoms with van der Waals surface area (Å²) in [6.45, 7) is 4.44. The standard InChI is InChI=1S/C22H30N4O3S/c1-15(2)30(28,29)26-20-14-24-22(27)25-21(20)19-10-8-18(9-11-19)17-6-4-16(5-7-17)12-13-23-3/h4-11,15,20-21,23,26H,12-14H2,1-3H3,(H2,24,25,27). The van der Waals surface area contributed by atoms with Gasteiger partial charge in [0.2, 0.25) is 10.0 Å². The number of rotatable bonds is 8. The predicted octanol–water partition coefficient (Wildman–Crippen LogP) is 2.17. The van der Waals surface area contributed by atoms with E-state index in [1.54, 1.807) is 13.8 Å². The van der Waals surface area contributed by atoms with Gasteiger partial charge in [-0.3, -0.25) is 0 Å². The highest BCUT2D eigenvalue weighted by atomic mass is 32.2. The number of sulfonamides is 1. The number of benzene rings is 2. The number of likely N-dealkylation sites (N-methyl/N-ethyl adjacent to an activating group) is 1. The molecule has 0 aromatic heterocycles. The summed E-state index contributed by atoms with van der Waals surface area (Å²) >= 11 is 0. The topological polar surface area (TPSA) is 99.3 Å². The van der Waals surface area contributed by atoms with Crippen LogP contribution in [0, 0.1) is 0 Å². The molecule has 0 saturated carbocycles. The van der Waals surface area contributed by atoms with Gasteiger partial charge in [0, 0.05) is 6.54 Å². The zero-order chi connectivity index (χ0) is 21.7. The summed E-state index contributed by atoms with van der Waals surface area (Å²) in [4.78, 5) is 11.9. The summed E-state index contributed by atoms with van der Waals surface area (Å²) in [6.07, 6.45) is 0.985. The van der Waals surface area contributed by atoms with Crippen molar-refractivity contribution >= 4 is 16.1 Å². The minimum absolute atomic E-state index is 0.234. The van der Waals surface area contributed by atoms with Gasteiger partial charge in [0.05, 0.1) is 17.3 Å². The van der Waals surface area contributed by atoms with Crippen LogP contribution in [0.5, 0.6) is 0 Å². The molecule has 3 rings (SSSR count). The average molecular weight is 431 g/mol. The largest absolute Gasteiger partial charge is 0.336 e. The lowest BCUT2D eigenvalue weighted by Crippen LogP contribution is -2.59. The maximum Gasteiger partial charge on any atom is 0.315 e. The fourth-order valence-corrected chi connectivity index (χ4v) is 4.32. The van der Waals surface area contributed by atoms with Crippen molar-refractivity contribution in [2.45, 2.75) is 37.6 Å². The van der Waals surface area contributed by atoms with Crippen LogP contribution in [0.2, 0.25) is 0 Å². The molecular formula is C22H30N4O3S. The van der Waals surface area contributed by atoms with Crippen LogP contribution in [0.1, 0.15) is 31.0 Å². The van der Waals surface area contributed by atoms with Crippen molar-refractivity contribution in [3.05, 3.63) is 59.7 Å². The van der Waals surface area contributed by atoms with E-state index < -0.39 is 27.4 Å². The van der Waals surface area contributed by atoms with Gasteiger partial charge in [0.1, 0.15) is 0 Å². The molecule has 0 bridgehead atoms. The van der Waals surface area contributed by atoms with Crippen molar-refractivity contribution in [1.82, 2.24) is 20.7 Å². The number of nitrogens with one attached hydrogen (secondary N) is 4. The second kappa shape index (κ2) is 9.59. The highest BCUT2D eigenvalue weighted by Gasteiger charge is 2.33. The van der Waals surface area contributed by atoms with E-state index in [1.165, 1.54) is 5.56 Å². The van der Waals surface area contributed by atoms with Crippen LogP contribution in [0.25, 0.3) is 11.1 Å². The van der Waals surface area contributed by atoms with Crippen molar-refractivity contribution in [2.75, 3.05) is 20.1 Å². The Hall–Kier alpha value is -2.42. The van der Waals surface area contributed by atoms with E-state index >= 15 is 0 Å². The van der Waals surface area contributed by atoms with Gasteiger partial charge >= 0.3 is 6.03 Å². The monoisotopic (exact) mass is 430 g/mol. The molecule has 0 radical (unpaired) electrons. The Morgan fingerprint density at radius 1 is 1.03 bits per heavy atom. The molecule has 2 atom stereocenters. The molecule has 1 heterocycles. The Labute approximate surface area is 178 Å². The number of amides is 2. The van der Waals surface area contributed by atoms with Crippen LogP contribution in [0.15, 0.2) is 48.5 Å². The smallest absolute Gasteiger partial charge is 0.315 e. The van der Waals surface area contributed by atoms with Gasteiger partial charge in [0.15, 0.2) is 0 Å². The summed E-state index contributed by atoms with van der Waals surface area (Å²) in [7, 11) is -1.52. The number of carbonyl (C=O) groups excluding carboxylic acids is 1. The van der Waals surface area contributed by atoms with Crippen LogP contribution < -0.4 is 20.7 Å². The summed E-state index contributed by atoms with van der Waals surface area (Å²) in [6, 6.07) is 15.1. The number of hydrogen-bond acceptors (Lipinski definition) is 4. The Bertz CT molecular complexity index is 957. The maximum atomic E-state index is 12.3. The minimum atomic E-state index is -3.46. The SMILES string of the molecule is CNCCc1ccc(-c2ccc(C3NC(=O)NCC3NS(=O)(=O)C(C)C)cc2)cc1. The van der Waals surface area contributed by atoms with Crippen LogP contribution >= 0.6 is 0 Å². The highest BCUT2D eigenvalue weighted by Crippen LogP contribution is 2.25. The van der Waals surface area contributed by atoms with Crippen molar-refractivity contribution in [3.8, 4) is 11.1 Å². The van der Waals surface area contributed by atoms with E-state index in [-0.39, 0.29) is 12.6 Å². The fourth-order valence-electron chi connectivity index (χ4n) is 3.40. The van der Waals surface area contributed by atoms with Crippen molar-refractivity contribution in [3.63, 3.8) is 0 Å². The third kappa shape index (κ3) is 5.38. The second-order valence-electron chi connectivity index (χ2n) is 7.82. The fraction of sp³-hybridized carbons (Fsp3) is 0.409. The molecular weight excluding hydrogens is 400 g/mol. The molecule has 30 heavy (non-hydrogen) atoms. The van der Waals surface area contributed by atoms with E-state index in [0.717, 1.165) is 29.7 Å². The summed E-state index contributed by atoms with van der Waals surface area (Å²) < 4.78 is 27.4. The second-order valence-corrected chi connectivity index (χ2v) is 10.1. The molecule has 0 aliphatic carbocycles. The molecule has 2 aromatic rings. The molecule has 7 nitrogen and oxygen atoms in total. The van der Waals surface area contributed by atoms with Crippen LogP contribution in [-0.4, -0.2) is 45.9 Å². The van der Waals surface area contributed by atoms with Crippen LogP contribution in [0.3, 0.4) is 0 Å². The first kappa shape index (κ1) is 22.3. The Morgan fingerprint density at radius 3 is 2.20 bits per heavy atom. The summed E-state index contributed by atoms with van der Waals surface area (Å²) in [5.74, 6) is 0. The van der Waals surface area contributed by atoms with Crippen molar-refractivity contribution in [1.29, 1.82) is 0 Å². The highest BCUT2D eigenvalue weighted by molar-refractivity contribution is 7.90. The lowest BCUT2D eigenvalue weighted by Gasteiger charge is -2.34. The molecule has 2 unspecified atom stereocenters. The molecule has 162 valence electrons. The number of hydrogen-bond donors (Lipinski definition) is 4. The normalized spacial score (nSPS) is 19.4. The Kier molecular flexibility index (Phi) is 7.12. The third-order valence-electron chi connectivity index (χ3n) is 5.33. The molecule has 0 spiro atoms. The van der Waals surface area contributed by atoms with E-state index in [4.69, 9.17) is 0 Å². The zero-order valence-electron chi connectivity index (χ0n) is 17.6.